The summed E-state index contributed by atoms with van der Waals surface area (Å²) in [6.45, 7) is 5.82. The third-order valence-corrected chi connectivity index (χ3v) is 6.51. The largest absolute Gasteiger partial charge is 0.481 e. The first-order valence-corrected chi connectivity index (χ1v) is 11.2. The van der Waals surface area contributed by atoms with E-state index in [-0.39, 0.29) is 22.4 Å². The Morgan fingerprint density at radius 1 is 0.778 bits per heavy atom. The summed E-state index contributed by atoms with van der Waals surface area (Å²) in [6, 6.07) is 0. The van der Waals surface area contributed by atoms with Crippen molar-refractivity contribution in [2.75, 3.05) is 0 Å². The van der Waals surface area contributed by atoms with E-state index in [0.717, 1.165) is 64.2 Å². The lowest BCUT2D eigenvalue weighted by Gasteiger charge is -2.37. The van der Waals surface area contributed by atoms with Crippen LogP contribution in [0.2, 0.25) is 0 Å². The average molecular weight is 381 g/mol. The number of hydrogen-bond acceptors (Lipinski definition) is 3. The molecule has 156 valence electrons. The SMILES string of the molecule is CC(C)(C)OC(=O)C1(CCCCCCCCCCC2(C(=O)O)CCC2)CC1. The minimum Gasteiger partial charge on any atom is -0.481 e. The first kappa shape index (κ1) is 22.2. The smallest absolute Gasteiger partial charge is 0.312 e. The molecule has 2 aliphatic rings. The quantitative estimate of drug-likeness (QED) is 0.302. The molecule has 0 saturated heterocycles. The molecule has 0 atom stereocenters. The van der Waals surface area contributed by atoms with E-state index in [1.807, 2.05) is 20.8 Å². The number of hydrogen-bond donors (Lipinski definition) is 1. The fourth-order valence-electron chi connectivity index (χ4n) is 4.26. The Balaban J connectivity index is 1.44. The van der Waals surface area contributed by atoms with Crippen LogP contribution >= 0.6 is 0 Å². The van der Waals surface area contributed by atoms with Crippen molar-refractivity contribution >= 4 is 11.9 Å². The van der Waals surface area contributed by atoms with Gasteiger partial charge in [-0.15, -0.1) is 0 Å². The number of esters is 1. The normalized spacial score (nSPS) is 20.0. The Labute approximate surface area is 165 Å². The zero-order valence-corrected chi connectivity index (χ0v) is 17.8. The van der Waals surface area contributed by atoms with Crippen molar-refractivity contribution in [3.63, 3.8) is 0 Å². The monoisotopic (exact) mass is 380 g/mol. The Morgan fingerprint density at radius 3 is 1.56 bits per heavy atom. The van der Waals surface area contributed by atoms with Crippen molar-refractivity contribution in [3.8, 4) is 0 Å². The van der Waals surface area contributed by atoms with Gasteiger partial charge in [-0.05, 0) is 59.3 Å². The van der Waals surface area contributed by atoms with E-state index >= 15 is 0 Å². The van der Waals surface area contributed by atoms with E-state index in [4.69, 9.17) is 4.74 Å². The van der Waals surface area contributed by atoms with Crippen molar-refractivity contribution in [1.82, 2.24) is 0 Å². The highest BCUT2D eigenvalue weighted by Crippen LogP contribution is 2.51. The summed E-state index contributed by atoms with van der Waals surface area (Å²) in [5.74, 6) is -0.561. The minimum atomic E-state index is -0.575. The molecule has 2 fully saturated rings. The molecule has 2 aliphatic carbocycles. The molecule has 0 aliphatic heterocycles. The topological polar surface area (TPSA) is 63.6 Å². The zero-order valence-electron chi connectivity index (χ0n) is 17.8. The fraction of sp³-hybridized carbons (Fsp3) is 0.913. The summed E-state index contributed by atoms with van der Waals surface area (Å²) in [6.07, 6.45) is 16.2. The molecule has 0 spiro atoms. The Morgan fingerprint density at radius 2 is 1.22 bits per heavy atom. The van der Waals surface area contributed by atoms with Crippen LogP contribution in [-0.4, -0.2) is 22.6 Å². The number of aliphatic carboxylic acids is 1. The summed E-state index contributed by atoms with van der Waals surface area (Å²) >= 11 is 0. The maximum atomic E-state index is 12.3. The number of unbranched alkanes of at least 4 members (excludes halogenated alkanes) is 7. The molecule has 27 heavy (non-hydrogen) atoms. The molecule has 0 unspecified atom stereocenters. The van der Waals surface area contributed by atoms with Crippen LogP contribution in [0.4, 0.5) is 0 Å². The van der Waals surface area contributed by atoms with Gasteiger partial charge in [-0.25, -0.2) is 0 Å². The van der Waals surface area contributed by atoms with Gasteiger partial charge in [-0.1, -0.05) is 57.8 Å². The molecule has 1 N–H and O–H groups in total. The van der Waals surface area contributed by atoms with E-state index in [9.17, 15) is 14.7 Å². The first-order valence-electron chi connectivity index (χ1n) is 11.2. The van der Waals surface area contributed by atoms with Crippen LogP contribution in [0.25, 0.3) is 0 Å². The van der Waals surface area contributed by atoms with E-state index in [1.54, 1.807) is 0 Å². The molecular weight excluding hydrogens is 340 g/mol. The number of rotatable bonds is 13. The third-order valence-electron chi connectivity index (χ3n) is 6.51. The molecule has 2 saturated carbocycles. The van der Waals surface area contributed by atoms with Gasteiger partial charge in [-0.2, -0.15) is 0 Å². The lowest BCUT2D eigenvalue weighted by atomic mass is 9.66. The molecule has 0 aromatic heterocycles. The molecule has 0 aromatic carbocycles. The van der Waals surface area contributed by atoms with E-state index < -0.39 is 5.97 Å². The van der Waals surface area contributed by atoms with Gasteiger partial charge in [0.1, 0.15) is 5.60 Å². The van der Waals surface area contributed by atoms with Gasteiger partial charge >= 0.3 is 11.9 Å². The summed E-state index contributed by atoms with van der Waals surface area (Å²) in [5.41, 5.74) is -0.906. The molecule has 0 bridgehead atoms. The van der Waals surface area contributed by atoms with Crippen LogP contribution in [0.1, 0.15) is 117 Å². The standard InChI is InChI=1S/C23H40O4/c1-21(2,3)27-20(26)23(17-18-23)14-11-9-7-5-4-6-8-10-13-22(19(24)25)15-12-16-22/h4-18H2,1-3H3,(H,24,25). The highest BCUT2D eigenvalue weighted by Gasteiger charge is 2.51. The Kier molecular flexibility index (Phi) is 7.76. The molecule has 0 radical (unpaired) electrons. The van der Waals surface area contributed by atoms with Crippen LogP contribution < -0.4 is 0 Å². The Hall–Kier alpha value is -1.06. The van der Waals surface area contributed by atoms with Gasteiger partial charge in [0.15, 0.2) is 0 Å². The van der Waals surface area contributed by atoms with Crippen molar-refractivity contribution < 1.29 is 19.4 Å². The number of carboxylic acid groups (broad SMARTS) is 1. The fourth-order valence-corrected chi connectivity index (χ4v) is 4.26. The highest BCUT2D eigenvalue weighted by atomic mass is 16.6. The lowest BCUT2D eigenvalue weighted by Crippen LogP contribution is -2.37. The molecule has 0 amide bonds. The number of carbonyl (C=O) groups is 2. The summed E-state index contributed by atoms with van der Waals surface area (Å²) in [4.78, 5) is 23.6. The van der Waals surface area contributed by atoms with Gasteiger partial charge in [0.05, 0.1) is 10.8 Å². The van der Waals surface area contributed by atoms with Gasteiger partial charge in [0.25, 0.3) is 0 Å². The molecule has 0 heterocycles. The molecule has 4 nitrogen and oxygen atoms in total. The number of ether oxygens (including phenoxy) is 1. The maximum absolute atomic E-state index is 12.3. The molecule has 4 heteroatoms. The number of carboxylic acids is 1. The lowest BCUT2D eigenvalue weighted by molar-refractivity contribution is -0.162. The molecule has 2 rings (SSSR count). The third kappa shape index (κ3) is 6.80. The maximum Gasteiger partial charge on any atom is 0.312 e. The van der Waals surface area contributed by atoms with Gasteiger partial charge in [-0.3, -0.25) is 9.59 Å². The number of carbonyl (C=O) groups excluding carboxylic acids is 1. The predicted molar refractivity (Wildman–Crippen MR) is 108 cm³/mol. The highest BCUT2D eigenvalue weighted by molar-refractivity contribution is 5.80. The van der Waals surface area contributed by atoms with Crippen LogP contribution in [0.5, 0.6) is 0 Å². The summed E-state index contributed by atoms with van der Waals surface area (Å²) < 4.78 is 5.57. The average Bonchev–Trinajstić information content (AvgIpc) is 3.30. The summed E-state index contributed by atoms with van der Waals surface area (Å²) in [5, 5.41) is 9.33. The second-order valence-electron chi connectivity index (χ2n) is 10.0. The summed E-state index contributed by atoms with van der Waals surface area (Å²) in [7, 11) is 0. The van der Waals surface area contributed by atoms with Crippen LogP contribution in [0, 0.1) is 10.8 Å². The van der Waals surface area contributed by atoms with Crippen molar-refractivity contribution in [2.24, 2.45) is 10.8 Å². The Bertz CT molecular complexity index is 495. The van der Waals surface area contributed by atoms with E-state index in [1.165, 1.54) is 32.1 Å². The minimum absolute atomic E-state index is 0.0144. The van der Waals surface area contributed by atoms with Gasteiger partial charge in [0, 0.05) is 0 Å². The van der Waals surface area contributed by atoms with Crippen LogP contribution in [-0.2, 0) is 14.3 Å². The van der Waals surface area contributed by atoms with Crippen LogP contribution in [0.3, 0.4) is 0 Å². The second-order valence-corrected chi connectivity index (χ2v) is 10.0. The van der Waals surface area contributed by atoms with Crippen molar-refractivity contribution in [2.45, 2.75) is 123 Å². The van der Waals surface area contributed by atoms with E-state index in [0.29, 0.717) is 0 Å². The van der Waals surface area contributed by atoms with Gasteiger partial charge in [0.2, 0.25) is 0 Å². The zero-order chi connectivity index (χ0) is 20.0. The van der Waals surface area contributed by atoms with E-state index in [2.05, 4.69) is 0 Å². The van der Waals surface area contributed by atoms with Crippen molar-refractivity contribution in [3.05, 3.63) is 0 Å². The second kappa shape index (κ2) is 9.43. The molecular formula is C23H40O4. The van der Waals surface area contributed by atoms with Crippen LogP contribution in [0.15, 0.2) is 0 Å². The first-order chi connectivity index (χ1) is 12.7. The van der Waals surface area contributed by atoms with Gasteiger partial charge < -0.3 is 9.84 Å². The molecule has 0 aromatic rings. The predicted octanol–water partition coefficient (Wildman–Crippen LogP) is 6.26. The van der Waals surface area contributed by atoms with Crippen molar-refractivity contribution in [1.29, 1.82) is 0 Å².